The van der Waals surface area contributed by atoms with E-state index in [2.05, 4.69) is 5.32 Å². The Morgan fingerprint density at radius 3 is 2.54 bits per heavy atom. The highest BCUT2D eigenvalue weighted by atomic mass is 19.4. The minimum Gasteiger partial charge on any atom is -0.444 e. The van der Waals surface area contributed by atoms with Crippen molar-refractivity contribution in [2.75, 3.05) is 31.1 Å². The van der Waals surface area contributed by atoms with E-state index in [9.17, 15) is 18.0 Å². The molecule has 0 radical (unpaired) electrons. The molecule has 0 bridgehead atoms. The van der Waals surface area contributed by atoms with Crippen molar-refractivity contribution >= 4 is 11.8 Å². The van der Waals surface area contributed by atoms with Gasteiger partial charge in [0.2, 0.25) is 0 Å². The van der Waals surface area contributed by atoms with Crippen molar-refractivity contribution in [1.29, 1.82) is 0 Å². The van der Waals surface area contributed by atoms with Gasteiger partial charge < -0.3 is 19.9 Å². The Kier molecular flexibility index (Phi) is 5.53. The molecule has 2 aliphatic rings. The number of benzene rings is 1. The lowest BCUT2D eigenvalue weighted by Crippen LogP contribution is -2.55. The maximum Gasteiger partial charge on any atom is 0.416 e. The average Bonchev–Trinajstić information content (AvgIpc) is 2.58. The summed E-state index contributed by atoms with van der Waals surface area (Å²) in [5, 5.41) is 3.25. The molecule has 2 aliphatic heterocycles. The highest BCUT2D eigenvalue weighted by Gasteiger charge is 2.35. The number of alkyl halides is 3. The number of anilines is 1. The molecule has 8 heteroatoms. The van der Waals surface area contributed by atoms with Crippen molar-refractivity contribution in [3.63, 3.8) is 0 Å². The quantitative estimate of drug-likeness (QED) is 0.780. The van der Waals surface area contributed by atoms with Gasteiger partial charge in [0.15, 0.2) is 0 Å². The average molecular weight is 399 g/mol. The first-order valence-electron chi connectivity index (χ1n) is 9.64. The maximum absolute atomic E-state index is 13.4. The van der Waals surface area contributed by atoms with Gasteiger partial charge in [-0.1, -0.05) is 0 Å². The van der Waals surface area contributed by atoms with Crippen LogP contribution in [0, 0.1) is 0 Å². The monoisotopic (exact) mass is 399 g/mol. The summed E-state index contributed by atoms with van der Waals surface area (Å²) in [7, 11) is 0. The molecule has 3 rings (SSSR count). The van der Waals surface area contributed by atoms with Gasteiger partial charge in [0, 0.05) is 37.9 Å². The van der Waals surface area contributed by atoms with E-state index in [0.717, 1.165) is 11.1 Å². The van der Waals surface area contributed by atoms with Crippen molar-refractivity contribution in [1.82, 2.24) is 10.2 Å². The molecule has 1 aromatic rings. The maximum atomic E-state index is 13.4. The van der Waals surface area contributed by atoms with Gasteiger partial charge in [-0.05, 0) is 63.9 Å². The zero-order valence-corrected chi connectivity index (χ0v) is 16.8. The Hall–Kier alpha value is -1.96. The Morgan fingerprint density at radius 1 is 1.21 bits per heavy atom. The van der Waals surface area contributed by atoms with Gasteiger partial charge in [-0.2, -0.15) is 13.2 Å². The normalized spacial score (nSPS) is 20.8. The summed E-state index contributed by atoms with van der Waals surface area (Å²) in [6.07, 6.45) is -4.18. The smallest absolute Gasteiger partial charge is 0.416 e. The van der Waals surface area contributed by atoms with Gasteiger partial charge in [0.05, 0.1) is 5.56 Å². The Morgan fingerprint density at radius 2 is 1.93 bits per heavy atom. The fourth-order valence-corrected chi connectivity index (χ4v) is 3.79. The van der Waals surface area contributed by atoms with Crippen LogP contribution in [0.3, 0.4) is 0 Å². The van der Waals surface area contributed by atoms with Crippen molar-refractivity contribution in [3.8, 4) is 0 Å². The topological polar surface area (TPSA) is 44.8 Å². The first-order chi connectivity index (χ1) is 13.0. The second kappa shape index (κ2) is 7.46. The van der Waals surface area contributed by atoms with Crippen LogP contribution in [0.15, 0.2) is 12.1 Å². The number of nitrogens with one attached hydrogen (secondary N) is 1. The number of amides is 1. The van der Waals surface area contributed by atoms with Gasteiger partial charge in [-0.25, -0.2) is 4.79 Å². The van der Waals surface area contributed by atoms with Crippen LogP contribution in [-0.4, -0.2) is 48.8 Å². The first-order valence-corrected chi connectivity index (χ1v) is 9.64. The van der Waals surface area contributed by atoms with E-state index in [0.29, 0.717) is 44.8 Å². The molecule has 0 spiro atoms. The number of fused-ring (bicyclic) bond motifs is 1. The van der Waals surface area contributed by atoms with E-state index in [1.807, 2.05) is 32.6 Å². The number of ether oxygens (including phenoxy) is 1. The Balaban J connectivity index is 1.84. The predicted molar refractivity (Wildman–Crippen MR) is 101 cm³/mol. The van der Waals surface area contributed by atoms with Crippen molar-refractivity contribution in [2.24, 2.45) is 0 Å². The molecule has 156 valence electrons. The number of carbonyl (C=O) groups is 1. The van der Waals surface area contributed by atoms with Crippen LogP contribution in [0.25, 0.3) is 0 Å². The van der Waals surface area contributed by atoms with Crippen LogP contribution < -0.4 is 10.2 Å². The van der Waals surface area contributed by atoms with Crippen LogP contribution in [0.1, 0.15) is 44.4 Å². The highest BCUT2D eigenvalue weighted by molar-refractivity contribution is 5.69. The molecular formula is C20H28F3N3O2. The molecule has 2 heterocycles. The molecule has 1 aromatic carbocycles. The minimum absolute atomic E-state index is 0.162. The lowest BCUT2D eigenvalue weighted by atomic mass is 9.95. The van der Waals surface area contributed by atoms with Crippen molar-refractivity contribution < 1.29 is 22.7 Å². The molecular weight excluding hydrogens is 371 g/mol. The number of nitrogens with zero attached hydrogens (tertiary/aromatic N) is 2. The van der Waals surface area contributed by atoms with E-state index in [1.165, 1.54) is 12.1 Å². The summed E-state index contributed by atoms with van der Waals surface area (Å²) in [5.41, 5.74) is 1.11. The summed E-state index contributed by atoms with van der Waals surface area (Å²) in [6.45, 7) is 9.92. The second-order valence-electron chi connectivity index (χ2n) is 8.53. The number of hydrogen-bond acceptors (Lipinski definition) is 4. The van der Waals surface area contributed by atoms with E-state index >= 15 is 0 Å². The van der Waals surface area contributed by atoms with Crippen LogP contribution in [0.5, 0.6) is 0 Å². The first kappa shape index (κ1) is 20.8. The number of hydrogen-bond donors (Lipinski definition) is 1. The highest BCUT2D eigenvalue weighted by Crippen LogP contribution is 2.37. The van der Waals surface area contributed by atoms with Crippen molar-refractivity contribution in [3.05, 3.63) is 28.8 Å². The molecule has 0 aliphatic carbocycles. The molecule has 1 unspecified atom stereocenters. The van der Waals surface area contributed by atoms with Crippen molar-refractivity contribution in [2.45, 2.75) is 58.5 Å². The second-order valence-corrected chi connectivity index (χ2v) is 8.53. The van der Waals surface area contributed by atoms with Crippen LogP contribution in [0.4, 0.5) is 23.7 Å². The van der Waals surface area contributed by atoms with Gasteiger partial charge in [-0.15, -0.1) is 0 Å². The number of carbonyl (C=O) groups excluding carboxylic acids is 1. The van der Waals surface area contributed by atoms with Crippen LogP contribution >= 0.6 is 0 Å². The number of halogens is 3. The summed E-state index contributed by atoms with van der Waals surface area (Å²) < 4.78 is 45.7. The summed E-state index contributed by atoms with van der Waals surface area (Å²) in [5.74, 6) is 0. The molecule has 1 amide bonds. The molecule has 1 atom stereocenters. The Bertz CT molecular complexity index is 743. The summed E-state index contributed by atoms with van der Waals surface area (Å²) >= 11 is 0. The molecule has 1 saturated heterocycles. The minimum atomic E-state index is -4.38. The zero-order chi connectivity index (χ0) is 20.7. The third-order valence-electron chi connectivity index (χ3n) is 5.12. The SMILES string of the molecule is CC1CN(c2cc(C(F)(F)F)cc3c2CNCC3)CCN1C(=O)OC(C)(C)C. The van der Waals surface area contributed by atoms with E-state index in [4.69, 9.17) is 4.74 Å². The molecule has 1 N–H and O–H groups in total. The molecule has 5 nitrogen and oxygen atoms in total. The number of rotatable bonds is 1. The zero-order valence-electron chi connectivity index (χ0n) is 16.8. The third-order valence-corrected chi connectivity index (χ3v) is 5.12. The summed E-state index contributed by atoms with van der Waals surface area (Å²) in [4.78, 5) is 16.0. The molecule has 0 aromatic heterocycles. The molecule has 28 heavy (non-hydrogen) atoms. The number of piperazine rings is 1. The van der Waals surface area contributed by atoms with Crippen LogP contribution in [-0.2, 0) is 23.9 Å². The van der Waals surface area contributed by atoms with E-state index in [-0.39, 0.29) is 12.1 Å². The van der Waals surface area contributed by atoms with E-state index < -0.39 is 17.3 Å². The van der Waals surface area contributed by atoms with E-state index in [1.54, 1.807) is 4.90 Å². The fourth-order valence-electron chi connectivity index (χ4n) is 3.79. The summed E-state index contributed by atoms with van der Waals surface area (Å²) in [6, 6.07) is 2.37. The predicted octanol–water partition coefficient (Wildman–Crippen LogP) is 3.80. The van der Waals surface area contributed by atoms with Crippen LogP contribution in [0.2, 0.25) is 0 Å². The van der Waals surface area contributed by atoms with Gasteiger partial charge in [-0.3, -0.25) is 0 Å². The fraction of sp³-hybridized carbons (Fsp3) is 0.650. The molecule has 1 fully saturated rings. The molecule has 0 saturated carbocycles. The lowest BCUT2D eigenvalue weighted by molar-refractivity contribution is -0.137. The van der Waals surface area contributed by atoms with Gasteiger partial charge >= 0.3 is 12.3 Å². The van der Waals surface area contributed by atoms with Gasteiger partial charge in [0.25, 0.3) is 0 Å². The lowest BCUT2D eigenvalue weighted by Gasteiger charge is -2.42. The third kappa shape index (κ3) is 4.54. The largest absolute Gasteiger partial charge is 0.444 e. The standard InChI is InChI=1S/C20H28F3N3O2/c1-13-12-25(7-8-26(13)18(27)28-19(2,3)4)17-10-15(20(21,22)23)9-14-5-6-24-11-16(14)17/h9-10,13,24H,5-8,11-12H2,1-4H3. The van der Waals surface area contributed by atoms with Gasteiger partial charge in [0.1, 0.15) is 5.60 Å². The Labute approximate surface area is 163 Å².